The number of nitrogens with one attached hydrogen (secondary N) is 1. The van der Waals surface area contributed by atoms with E-state index in [1.807, 2.05) is 6.92 Å². The van der Waals surface area contributed by atoms with Gasteiger partial charge in [-0.3, -0.25) is 4.79 Å². The molecule has 3 rings (SSSR count). The van der Waals surface area contributed by atoms with Gasteiger partial charge < -0.3 is 5.32 Å². The molecule has 4 nitrogen and oxygen atoms in total. The minimum absolute atomic E-state index is 0.119. The number of aromatic nitrogens is 2. The maximum Gasteiger partial charge on any atom is 0.276 e. The minimum Gasteiger partial charge on any atom is -0.319 e. The van der Waals surface area contributed by atoms with Crippen molar-refractivity contribution < 1.29 is 4.79 Å². The third-order valence-corrected chi connectivity index (χ3v) is 5.09. The van der Waals surface area contributed by atoms with Crippen LogP contribution in [0.2, 0.25) is 10.0 Å². The van der Waals surface area contributed by atoms with Crippen LogP contribution >= 0.6 is 35.0 Å². The molecule has 1 aromatic heterocycles. The number of para-hydroxylation sites is 1. The van der Waals surface area contributed by atoms with Crippen molar-refractivity contribution in [1.29, 1.82) is 0 Å². The van der Waals surface area contributed by atoms with Crippen molar-refractivity contribution in [2.45, 2.75) is 17.8 Å². The average molecular weight is 404 g/mol. The summed E-state index contributed by atoms with van der Waals surface area (Å²) in [6.07, 6.45) is 1.44. The van der Waals surface area contributed by atoms with E-state index in [4.69, 9.17) is 23.2 Å². The number of carbonyl (C=O) groups excluding carboxylic acids is 1. The molecule has 7 heteroatoms. The Morgan fingerprint density at radius 1 is 1.08 bits per heavy atom. The summed E-state index contributed by atoms with van der Waals surface area (Å²) in [6, 6.07) is 15.2. The van der Waals surface area contributed by atoms with Crippen LogP contribution in [0.3, 0.4) is 0 Å². The molecule has 0 aliphatic heterocycles. The van der Waals surface area contributed by atoms with E-state index >= 15 is 0 Å². The second-order valence-electron chi connectivity index (χ2n) is 5.56. The topological polar surface area (TPSA) is 54.9 Å². The Morgan fingerprint density at radius 2 is 1.81 bits per heavy atom. The zero-order chi connectivity index (χ0) is 18.5. The Bertz CT molecular complexity index is 932. The van der Waals surface area contributed by atoms with Gasteiger partial charge in [0.25, 0.3) is 5.91 Å². The molecule has 0 unspecified atom stereocenters. The number of hydrogen-bond acceptors (Lipinski definition) is 4. The van der Waals surface area contributed by atoms with Crippen molar-refractivity contribution in [3.05, 3.63) is 81.6 Å². The first-order valence-corrected chi connectivity index (χ1v) is 9.54. The number of hydrogen-bond donors (Lipinski definition) is 1. The van der Waals surface area contributed by atoms with Crippen LogP contribution in [0.4, 0.5) is 5.69 Å². The van der Waals surface area contributed by atoms with Gasteiger partial charge in [0.1, 0.15) is 0 Å². The first-order valence-electron chi connectivity index (χ1n) is 7.79. The molecule has 0 fully saturated rings. The predicted octanol–water partition coefficient (Wildman–Crippen LogP) is 5.64. The molecule has 1 N–H and O–H groups in total. The third-order valence-electron chi connectivity index (χ3n) is 3.55. The number of nitrogens with zero attached hydrogens (tertiary/aromatic N) is 2. The minimum atomic E-state index is -0.428. The molecule has 0 saturated heterocycles. The zero-order valence-corrected chi connectivity index (χ0v) is 16.2. The number of rotatable bonds is 5. The summed E-state index contributed by atoms with van der Waals surface area (Å²) in [4.78, 5) is 21.0. The summed E-state index contributed by atoms with van der Waals surface area (Å²) in [6.45, 7) is 2.04. The van der Waals surface area contributed by atoms with E-state index in [-0.39, 0.29) is 10.7 Å². The third kappa shape index (κ3) is 4.75. The molecule has 132 valence electrons. The molecule has 0 atom stereocenters. The van der Waals surface area contributed by atoms with Crippen LogP contribution in [0.1, 0.15) is 21.6 Å². The molecule has 1 heterocycles. The molecule has 0 saturated carbocycles. The first-order chi connectivity index (χ1) is 12.5. The zero-order valence-electron chi connectivity index (χ0n) is 13.9. The van der Waals surface area contributed by atoms with Crippen LogP contribution in [0.5, 0.6) is 0 Å². The highest BCUT2D eigenvalue weighted by molar-refractivity contribution is 7.98. The van der Waals surface area contributed by atoms with Gasteiger partial charge in [0, 0.05) is 5.75 Å². The summed E-state index contributed by atoms with van der Waals surface area (Å²) < 4.78 is 0. The van der Waals surface area contributed by atoms with Gasteiger partial charge in [0.05, 0.1) is 21.9 Å². The van der Waals surface area contributed by atoms with Crippen molar-refractivity contribution in [1.82, 2.24) is 9.97 Å². The van der Waals surface area contributed by atoms with Crippen LogP contribution in [-0.4, -0.2) is 15.9 Å². The molecule has 0 aliphatic rings. The normalized spacial score (nSPS) is 10.6. The van der Waals surface area contributed by atoms with E-state index in [0.717, 1.165) is 5.56 Å². The van der Waals surface area contributed by atoms with E-state index in [1.54, 1.807) is 24.3 Å². The van der Waals surface area contributed by atoms with Crippen molar-refractivity contribution in [3.63, 3.8) is 0 Å². The monoisotopic (exact) mass is 403 g/mol. The van der Waals surface area contributed by atoms with E-state index < -0.39 is 5.91 Å². The highest BCUT2D eigenvalue weighted by atomic mass is 35.5. The fourth-order valence-corrected chi connectivity index (χ4v) is 3.29. The van der Waals surface area contributed by atoms with Gasteiger partial charge in [-0.1, -0.05) is 76.9 Å². The first kappa shape index (κ1) is 18.7. The van der Waals surface area contributed by atoms with Gasteiger partial charge in [-0.2, -0.15) is 0 Å². The lowest BCUT2D eigenvalue weighted by Crippen LogP contribution is -2.15. The average Bonchev–Trinajstić information content (AvgIpc) is 2.64. The van der Waals surface area contributed by atoms with Crippen LogP contribution in [0, 0.1) is 6.92 Å². The molecule has 0 spiro atoms. The lowest BCUT2D eigenvalue weighted by Gasteiger charge is -2.08. The van der Waals surface area contributed by atoms with Gasteiger partial charge in [-0.25, -0.2) is 9.97 Å². The quantitative estimate of drug-likeness (QED) is 0.442. The fourth-order valence-electron chi connectivity index (χ4n) is 2.16. The van der Waals surface area contributed by atoms with Crippen LogP contribution < -0.4 is 5.32 Å². The molecule has 2 aromatic carbocycles. The summed E-state index contributed by atoms with van der Waals surface area (Å²) in [7, 11) is 0. The Balaban J connectivity index is 1.73. The van der Waals surface area contributed by atoms with E-state index in [1.165, 1.54) is 23.5 Å². The van der Waals surface area contributed by atoms with Crippen LogP contribution in [-0.2, 0) is 5.75 Å². The summed E-state index contributed by atoms with van der Waals surface area (Å²) in [5.41, 5.74) is 2.98. The molecular formula is C19H15Cl2N3OS. The Labute approximate surface area is 166 Å². The van der Waals surface area contributed by atoms with Gasteiger partial charge in [0.2, 0.25) is 0 Å². The second-order valence-corrected chi connectivity index (χ2v) is 7.31. The number of amides is 1. The highest BCUT2D eigenvalue weighted by Gasteiger charge is 2.16. The maximum absolute atomic E-state index is 12.5. The maximum atomic E-state index is 12.5. The number of halogens is 2. The number of benzene rings is 2. The summed E-state index contributed by atoms with van der Waals surface area (Å²) >= 11 is 13.6. The Morgan fingerprint density at radius 3 is 2.54 bits per heavy atom. The Hall–Kier alpha value is -2.08. The van der Waals surface area contributed by atoms with Crippen molar-refractivity contribution in [2.24, 2.45) is 0 Å². The van der Waals surface area contributed by atoms with Crippen molar-refractivity contribution in [3.8, 4) is 0 Å². The van der Waals surface area contributed by atoms with Crippen molar-refractivity contribution in [2.75, 3.05) is 5.32 Å². The van der Waals surface area contributed by atoms with Gasteiger partial charge in [-0.05, 0) is 24.6 Å². The smallest absolute Gasteiger partial charge is 0.276 e. The van der Waals surface area contributed by atoms with E-state index in [9.17, 15) is 4.79 Å². The Kier molecular flexibility index (Phi) is 6.14. The van der Waals surface area contributed by atoms with Gasteiger partial charge in [-0.15, -0.1) is 0 Å². The SMILES string of the molecule is Cc1ccc(CSc2ncc(Cl)c(C(=O)Nc3ccccc3Cl)n2)cc1. The van der Waals surface area contributed by atoms with Crippen LogP contribution in [0.25, 0.3) is 0 Å². The van der Waals surface area contributed by atoms with Crippen molar-refractivity contribution >= 4 is 46.6 Å². The lowest BCUT2D eigenvalue weighted by molar-refractivity contribution is 0.102. The standard InChI is InChI=1S/C19H15Cl2N3OS/c1-12-6-8-13(9-7-12)11-26-19-22-10-15(21)17(24-19)18(25)23-16-5-3-2-4-14(16)20/h2-10H,11H2,1H3,(H,23,25). The lowest BCUT2D eigenvalue weighted by atomic mass is 10.2. The number of anilines is 1. The molecule has 3 aromatic rings. The predicted molar refractivity (Wildman–Crippen MR) is 107 cm³/mol. The van der Waals surface area contributed by atoms with Gasteiger partial charge >= 0.3 is 0 Å². The molecule has 26 heavy (non-hydrogen) atoms. The molecule has 1 amide bonds. The van der Waals surface area contributed by atoms with E-state index in [2.05, 4.69) is 39.6 Å². The number of carbonyl (C=O) groups is 1. The molecule has 0 bridgehead atoms. The van der Waals surface area contributed by atoms with E-state index in [0.29, 0.717) is 21.6 Å². The molecule has 0 aliphatic carbocycles. The molecular weight excluding hydrogens is 389 g/mol. The molecule has 0 radical (unpaired) electrons. The highest BCUT2D eigenvalue weighted by Crippen LogP contribution is 2.25. The summed E-state index contributed by atoms with van der Waals surface area (Å²) in [5, 5.41) is 3.84. The second kappa shape index (κ2) is 8.54. The van der Waals surface area contributed by atoms with Crippen LogP contribution in [0.15, 0.2) is 59.9 Å². The number of thioether (sulfide) groups is 1. The largest absolute Gasteiger partial charge is 0.319 e. The fraction of sp³-hybridized carbons (Fsp3) is 0.105. The summed E-state index contributed by atoms with van der Waals surface area (Å²) in [5.74, 6) is 0.274. The number of aryl methyl sites for hydroxylation is 1. The van der Waals surface area contributed by atoms with Gasteiger partial charge in [0.15, 0.2) is 10.9 Å².